The van der Waals surface area contributed by atoms with Gasteiger partial charge in [-0.2, -0.15) is 13.5 Å². The van der Waals surface area contributed by atoms with E-state index in [1.807, 2.05) is 11.5 Å². The summed E-state index contributed by atoms with van der Waals surface area (Å²) in [4.78, 5) is 19.0. The zero-order valence-electron chi connectivity index (χ0n) is 17.4. The van der Waals surface area contributed by atoms with Crippen LogP contribution in [0.1, 0.15) is 19.2 Å². The van der Waals surface area contributed by atoms with Gasteiger partial charge < -0.3 is 20.5 Å². The van der Waals surface area contributed by atoms with E-state index in [4.69, 9.17) is 22.3 Å². The van der Waals surface area contributed by atoms with Crippen LogP contribution in [0.25, 0.3) is 11.3 Å². The Morgan fingerprint density at radius 2 is 1.94 bits per heavy atom. The molecule has 1 amide bonds. The van der Waals surface area contributed by atoms with Crippen molar-refractivity contribution in [2.45, 2.75) is 32.5 Å². The van der Waals surface area contributed by atoms with E-state index >= 15 is 0 Å². The van der Waals surface area contributed by atoms with Crippen molar-refractivity contribution in [1.82, 2.24) is 14.5 Å². The lowest BCUT2D eigenvalue weighted by Gasteiger charge is -2.30. The van der Waals surface area contributed by atoms with E-state index in [2.05, 4.69) is 5.32 Å². The Hall–Kier alpha value is -2.62. The highest BCUT2D eigenvalue weighted by molar-refractivity contribution is 7.59. The van der Waals surface area contributed by atoms with Crippen LogP contribution in [0, 0.1) is 11.6 Å². The van der Waals surface area contributed by atoms with Crippen LogP contribution in [-0.4, -0.2) is 32.9 Å². The molecule has 6 nitrogen and oxygen atoms in total. The van der Waals surface area contributed by atoms with Gasteiger partial charge in [-0.05, 0) is 48.9 Å². The summed E-state index contributed by atoms with van der Waals surface area (Å²) >= 11 is 5.80. The zero-order valence-corrected chi connectivity index (χ0v) is 19.2. The second-order valence-electron chi connectivity index (χ2n) is 7.41. The van der Waals surface area contributed by atoms with E-state index in [1.165, 1.54) is 24.3 Å². The Kier molecular flexibility index (Phi) is 7.43. The summed E-state index contributed by atoms with van der Waals surface area (Å²) in [5, 5.41) is 3.25. The minimum atomic E-state index is -0.548. The van der Waals surface area contributed by atoms with Crippen LogP contribution in [0.5, 0.6) is 0 Å². The molecule has 0 aliphatic carbocycles. The van der Waals surface area contributed by atoms with Gasteiger partial charge >= 0.3 is 0 Å². The van der Waals surface area contributed by atoms with Crippen molar-refractivity contribution in [3.63, 3.8) is 0 Å². The molecule has 32 heavy (non-hydrogen) atoms. The average Bonchev–Trinajstić information content (AvgIpc) is 3.13. The number of fused-ring (bicyclic) bond motifs is 1. The van der Waals surface area contributed by atoms with Gasteiger partial charge in [0.15, 0.2) is 0 Å². The van der Waals surface area contributed by atoms with Gasteiger partial charge in [0, 0.05) is 24.3 Å². The summed E-state index contributed by atoms with van der Waals surface area (Å²) < 4.78 is 29.4. The van der Waals surface area contributed by atoms with Crippen molar-refractivity contribution in [3.8, 4) is 11.3 Å². The lowest BCUT2D eigenvalue weighted by atomic mass is 10.1. The molecular weight excluding hydrogens is 456 g/mol. The highest BCUT2D eigenvalue weighted by atomic mass is 35.5. The lowest BCUT2D eigenvalue weighted by Crippen LogP contribution is -2.46. The van der Waals surface area contributed by atoms with Crippen LogP contribution in [0.3, 0.4) is 0 Å². The first-order valence-corrected chi connectivity index (χ1v) is 10.4. The Morgan fingerprint density at radius 3 is 2.59 bits per heavy atom. The van der Waals surface area contributed by atoms with Gasteiger partial charge in [-0.15, -0.1) is 0 Å². The third kappa shape index (κ3) is 4.74. The molecule has 0 bridgehead atoms. The molecular formula is C22H24ClF2N5OS. The third-order valence-electron chi connectivity index (χ3n) is 5.34. The predicted octanol–water partition coefficient (Wildman–Crippen LogP) is 4.42. The van der Waals surface area contributed by atoms with Crippen LogP contribution in [-0.2, 0) is 17.9 Å². The Bertz CT molecular complexity index is 1120. The summed E-state index contributed by atoms with van der Waals surface area (Å²) in [5.41, 5.74) is 7.70. The second-order valence-corrected chi connectivity index (χ2v) is 7.82. The van der Waals surface area contributed by atoms with Crippen molar-refractivity contribution in [1.29, 1.82) is 0 Å². The fraction of sp³-hybridized carbons (Fsp3) is 0.273. The number of hydrogen-bond acceptors (Lipinski definition) is 4. The molecule has 0 saturated carbocycles. The summed E-state index contributed by atoms with van der Waals surface area (Å²) in [6.45, 7) is 3.14. The molecule has 0 saturated heterocycles. The van der Waals surface area contributed by atoms with Gasteiger partial charge in [-0.3, -0.25) is 4.79 Å². The van der Waals surface area contributed by atoms with E-state index < -0.39 is 11.9 Å². The second kappa shape index (κ2) is 9.89. The highest BCUT2D eigenvalue weighted by Crippen LogP contribution is 2.34. The molecule has 0 unspecified atom stereocenters. The number of benzene rings is 2. The quantitative estimate of drug-likeness (QED) is 0.568. The van der Waals surface area contributed by atoms with Crippen LogP contribution in [0.15, 0.2) is 42.5 Å². The van der Waals surface area contributed by atoms with Crippen molar-refractivity contribution in [3.05, 3.63) is 64.9 Å². The number of hydrogen-bond donors (Lipinski definition) is 2. The first-order chi connectivity index (χ1) is 14.9. The van der Waals surface area contributed by atoms with E-state index in [0.717, 1.165) is 0 Å². The fourth-order valence-corrected chi connectivity index (χ4v) is 3.69. The smallest absolute Gasteiger partial charge is 0.239 e. The molecule has 10 heteroatoms. The molecule has 3 aromatic rings. The van der Waals surface area contributed by atoms with Crippen molar-refractivity contribution >= 4 is 42.5 Å². The first kappa shape index (κ1) is 24.0. The normalized spacial score (nSPS) is 13.8. The molecule has 4 rings (SSSR count). The number of nitrogens with zero attached hydrogens (tertiary/aromatic N) is 3. The van der Waals surface area contributed by atoms with Crippen LogP contribution in [0.2, 0.25) is 5.02 Å². The number of carbonyl (C=O) groups excluding carboxylic acids is 1. The van der Waals surface area contributed by atoms with Gasteiger partial charge in [-0.25, -0.2) is 13.8 Å². The monoisotopic (exact) mass is 479 g/mol. The summed E-state index contributed by atoms with van der Waals surface area (Å²) in [6.07, 6.45) is 0.555. The molecule has 0 fully saturated rings. The fourth-order valence-electron chi connectivity index (χ4n) is 3.57. The number of aromatic nitrogens is 2. The first-order valence-electron chi connectivity index (χ1n) is 9.99. The zero-order chi connectivity index (χ0) is 22.1. The standard InChI is InChI=1S/C22H22ClF2N5O.H2S/c1-2-18(26)22(31)29-9-10-30-19(12-29)28-20(13-3-5-14(24)6-4-13)21(30)27-15-7-8-16(23)17(25)11-15;/h3-8,11,18,27H,2,9-10,12,26H2,1H3;1H2/t18-;/m0./s1. The largest absolute Gasteiger partial charge is 0.340 e. The molecule has 1 atom stereocenters. The Balaban J connectivity index is 0.00000289. The molecule has 0 spiro atoms. The van der Waals surface area contributed by atoms with Crippen LogP contribution < -0.4 is 11.1 Å². The molecule has 170 valence electrons. The van der Waals surface area contributed by atoms with Crippen molar-refractivity contribution in [2.24, 2.45) is 5.73 Å². The van der Waals surface area contributed by atoms with Crippen molar-refractivity contribution in [2.75, 3.05) is 11.9 Å². The average molecular weight is 480 g/mol. The summed E-state index contributed by atoms with van der Waals surface area (Å²) in [7, 11) is 0. The van der Waals surface area contributed by atoms with Gasteiger partial charge in [0.1, 0.15) is 29.0 Å². The summed E-state index contributed by atoms with van der Waals surface area (Å²) in [5.74, 6) is 0.287. The number of imidazole rings is 1. The number of rotatable bonds is 5. The molecule has 1 aliphatic heterocycles. The van der Waals surface area contributed by atoms with E-state index in [9.17, 15) is 13.6 Å². The molecule has 2 aromatic carbocycles. The number of nitrogens with two attached hydrogens (primary N) is 1. The number of nitrogens with one attached hydrogen (secondary N) is 1. The van der Waals surface area contributed by atoms with Gasteiger partial charge in [-0.1, -0.05) is 18.5 Å². The van der Waals surface area contributed by atoms with E-state index in [1.54, 1.807) is 23.1 Å². The molecule has 1 aromatic heterocycles. The minimum Gasteiger partial charge on any atom is -0.340 e. The maximum atomic E-state index is 14.0. The van der Waals surface area contributed by atoms with Crippen molar-refractivity contribution < 1.29 is 13.6 Å². The number of carbonyl (C=O) groups is 1. The van der Waals surface area contributed by atoms with Crippen LogP contribution >= 0.6 is 25.1 Å². The number of anilines is 2. The maximum absolute atomic E-state index is 14.0. The SMILES string of the molecule is CC[C@H](N)C(=O)N1CCn2c(nc(-c3ccc(F)cc3)c2Nc2ccc(Cl)c(F)c2)C1.S. The maximum Gasteiger partial charge on any atom is 0.239 e. The Labute approximate surface area is 196 Å². The number of amides is 1. The molecule has 0 radical (unpaired) electrons. The number of halogens is 3. The lowest BCUT2D eigenvalue weighted by molar-refractivity contribution is -0.134. The van der Waals surface area contributed by atoms with Gasteiger partial charge in [0.25, 0.3) is 0 Å². The Morgan fingerprint density at radius 1 is 1.22 bits per heavy atom. The van der Waals surface area contributed by atoms with E-state index in [0.29, 0.717) is 54.6 Å². The highest BCUT2D eigenvalue weighted by Gasteiger charge is 2.28. The summed E-state index contributed by atoms with van der Waals surface area (Å²) in [6, 6.07) is 9.86. The minimum absolute atomic E-state index is 0. The van der Waals surface area contributed by atoms with Gasteiger partial charge in [0.2, 0.25) is 5.91 Å². The van der Waals surface area contributed by atoms with Gasteiger partial charge in [0.05, 0.1) is 17.6 Å². The third-order valence-corrected chi connectivity index (χ3v) is 5.65. The molecule has 3 N–H and O–H groups in total. The topological polar surface area (TPSA) is 76.2 Å². The molecule has 1 aliphatic rings. The van der Waals surface area contributed by atoms with E-state index in [-0.39, 0.29) is 30.2 Å². The molecule has 2 heterocycles. The predicted molar refractivity (Wildman–Crippen MR) is 126 cm³/mol. The van der Waals surface area contributed by atoms with Crippen LogP contribution in [0.4, 0.5) is 20.3 Å².